The summed E-state index contributed by atoms with van der Waals surface area (Å²) in [6.45, 7) is 4.37. The zero-order valence-corrected chi connectivity index (χ0v) is 18.9. The van der Waals surface area contributed by atoms with Crippen LogP contribution in [0.5, 0.6) is 0 Å². The summed E-state index contributed by atoms with van der Waals surface area (Å²) in [6.07, 6.45) is 1.58. The summed E-state index contributed by atoms with van der Waals surface area (Å²) in [5.41, 5.74) is 1.34. The van der Waals surface area contributed by atoms with E-state index in [1.54, 1.807) is 35.4 Å². The number of halogens is 2. The third kappa shape index (κ3) is 6.36. The molecule has 0 fully saturated rings. The first-order valence-electron chi connectivity index (χ1n) is 9.94. The molecule has 1 heterocycles. The first-order valence-corrected chi connectivity index (χ1v) is 10.7. The first kappa shape index (κ1) is 22.9. The summed E-state index contributed by atoms with van der Waals surface area (Å²) in [5.74, 6) is 0.189. The summed E-state index contributed by atoms with van der Waals surface area (Å²) < 4.78 is 5.44. The normalized spacial score (nSPS) is 10.9. The maximum Gasteiger partial charge on any atom is 0.254 e. The molecule has 2 amide bonds. The number of carbonyl (C=O) groups is 2. The van der Waals surface area contributed by atoms with Crippen LogP contribution in [-0.2, 0) is 17.9 Å². The van der Waals surface area contributed by atoms with Crippen LogP contribution in [0.15, 0.2) is 71.3 Å². The van der Waals surface area contributed by atoms with Crippen molar-refractivity contribution in [3.8, 4) is 0 Å². The molecule has 5 nitrogen and oxygen atoms in total. The predicted octanol–water partition coefficient (Wildman–Crippen LogP) is 5.67. The van der Waals surface area contributed by atoms with Gasteiger partial charge in [0.1, 0.15) is 12.3 Å². The first-order chi connectivity index (χ1) is 14.8. The van der Waals surface area contributed by atoms with E-state index in [0.29, 0.717) is 34.5 Å². The minimum absolute atomic E-state index is 0.0752. The number of hydrogen-bond acceptors (Lipinski definition) is 3. The van der Waals surface area contributed by atoms with Crippen LogP contribution in [-0.4, -0.2) is 34.2 Å². The van der Waals surface area contributed by atoms with Gasteiger partial charge in [-0.2, -0.15) is 0 Å². The van der Waals surface area contributed by atoms with E-state index in [4.69, 9.17) is 27.6 Å². The largest absolute Gasteiger partial charge is 0.467 e. The van der Waals surface area contributed by atoms with Crippen molar-refractivity contribution in [1.29, 1.82) is 0 Å². The summed E-state index contributed by atoms with van der Waals surface area (Å²) in [5, 5.41) is 0.740. The number of furan rings is 1. The van der Waals surface area contributed by atoms with Gasteiger partial charge < -0.3 is 14.2 Å². The van der Waals surface area contributed by atoms with Crippen LogP contribution < -0.4 is 0 Å². The second kappa shape index (κ2) is 10.5. The summed E-state index contributed by atoms with van der Waals surface area (Å²) in [7, 11) is 0. The molecule has 0 saturated heterocycles. The highest BCUT2D eigenvalue weighted by Gasteiger charge is 2.25. The molecule has 0 aliphatic heterocycles. The number of nitrogens with zero attached hydrogens (tertiary/aromatic N) is 2. The molecule has 3 aromatic rings. The lowest BCUT2D eigenvalue weighted by atomic mass is 10.1. The Labute approximate surface area is 192 Å². The van der Waals surface area contributed by atoms with Gasteiger partial charge in [0.15, 0.2) is 0 Å². The maximum absolute atomic E-state index is 13.3. The van der Waals surface area contributed by atoms with Gasteiger partial charge in [-0.05, 0) is 49.7 Å². The van der Waals surface area contributed by atoms with Crippen LogP contribution in [0.1, 0.15) is 35.5 Å². The van der Waals surface area contributed by atoms with Gasteiger partial charge in [-0.15, -0.1) is 0 Å². The summed E-state index contributed by atoms with van der Waals surface area (Å²) >= 11 is 12.1. The van der Waals surface area contributed by atoms with Crippen LogP contribution in [0.2, 0.25) is 10.0 Å². The molecule has 0 saturated carbocycles. The van der Waals surface area contributed by atoms with Crippen LogP contribution in [0.3, 0.4) is 0 Å². The highest BCUT2D eigenvalue weighted by atomic mass is 35.5. The van der Waals surface area contributed by atoms with Gasteiger partial charge in [-0.3, -0.25) is 9.59 Å². The number of carbonyl (C=O) groups excluding carboxylic acids is 2. The smallest absolute Gasteiger partial charge is 0.254 e. The molecule has 0 unspecified atom stereocenters. The van der Waals surface area contributed by atoms with E-state index in [2.05, 4.69) is 0 Å². The highest BCUT2D eigenvalue weighted by Crippen LogP contribution is 2.21. The van der Waals surface area contributed by atoms with Crippen molar-refractivity contribution < 1.29 is 14.0 Å². The molecule has 2 aromatic carbocycles. The van der Waals surface area contributed by atoms with Crippen molar-refractivity contribution >= 4 is 35.0 Å². The average molecular weight is 459 g/mol. The Hall–Kier alpha value is -2.76. The topological polar surface area (TPSA) is 53.8 Å². The molecular formula is C24H24Cl2N2O3. The lowest BCUT2D eigenvalue weighted by molar-refractivity contribution is -0.133. The number of benzene rings is 2. The third-order valence-electron chi connectivity index (χ3n) is 4.80. The number of hydrogen-bond donors (Lipinski definition) is 0. The van der Waals surface area contributed by atoms with Gasteiger partial charge in [-0.1, -0.05) is 53.5 Å². The second-order valence-electron chi connectivity index (χ2n) is 7.50. The maximum atomic E-state index is 13.3. The zero-order valence-electron chi connectivity index (χ0n) is 17.4. The highest BCUT2D eigenvalue weighted by molar-refractivity contribution is 6.35. The van der Waals surface area contributed by atoms with E-state index in [9.17, 15) is 9.59 Å². The quantitative estimate of drug-likeness (QED) is 0.437. The Kier molecular flexibility index (Phi) is 7.77. The van der Waals surface area contributed by atoms with Crippen LogP contribution in [0.4, 0.5) is 0 Å². The molecule has 0 spiro atoms. The molecule has 1 aromatic heterocycles. The van der Waals surface area contributed by atoms with Crippen LogP contribution in [0.25, 0.3) is 0 Å². The van der Waals surface area contributed by atoms with Crippen LogP contribution >= 0.6 is 23.2 Å². The summed E-state index contributed by atoms with van der Waals surface area (Å²) in [4.78, 5) is 29.6. The molecule has 0 aliphatic carbocycles. The third-order valence-corrected chi connectivity index (χ3v) is 5.23. The van der Waals surface area contributed by atoms with Gasteiger partial charge in [0.25, 0.3) is 5.91 Å². The lowest BCUT2D eigenvalue weighted by Crippen LogP contribution is -2.45. The zero-order chi connectivity index (χ0) is 22.4. The lowest BCUT2D eigenvalue weighted by Gasteiger charge is -2.30. The fourth-order valence-corrected chi connectivity index (χ4v) is 3.73. The Bertz CT molecular complexity index is 1000. The van der Waals surface area contributed by atoms with Crippen molar-refractivity contribution in [2.24, 2.45) is 0 Å². The van der Waals surface area contributed by atoms with Crippen molar-refractivity contribution in [1.82, 2.24) is 9.80 Å². The van der Waals surface area contributed by atoms with E-state index in [-0.39, 0.29) is 24.4 Å². The van der Waals surface area contributed by atoms with E-state index in [0.717, 1.165) is 5.56 Å². The summed E-state index contributed by atoms with van der Waals surface area (Å²) in [6, 6.07) is 17.8. The second-order valence-corrected chi connectivity index (χ2v) is 8.37. The fraction of sp³-hybridized carbons (Fsp3) is 0.250. The van der Waals surface area contributed by atoms with Gasteiger partial charge in [0, 0.05) is 28.2 Å². The minimum Gasteiger partial charge on any atom is -0.467 e. The fourth-order valence-electron chi connectivity index (χ4n) is 3.20. The van der Waals surface area contributed by atoms with Crippen LogP contribution in [0, 0.1) is 0 Å². The Morgan fingerprint density at radius 3 is 2.19 bits per heavy atom. The molecular weight excluding hydrogens is 435 g/mol. The van der Waals surface area contributed by atoms with E-state index in [1.807, 2.05) is 50.2 Å². The molecule has 7 heteroatoms. The van der Waals surface area contributed by atoms with E-state index in [1.165, 1.54) is 4.90 Å². The van der Waals surface area contributed by atoms with Gasteiger partial charge in [0.2, 0.25) is 5.91 Å². The molecule has 162 valence electrons. The van der Waals surface area contributed by atoms with Crippen molar-refractivity contribution in [3.63, 3.8) is 0 Å². The van der Waals surface area contributed by atoms with Gasteiger partial charge in [-0.25, -0.2) is 0 Å². The number of rotatable bonds is 8. The predicted molar refractivity (Wildman–Crippen MR) is 122 cm³/mol. The van der Waals surface area contributed by atoms with Crippen molar-refractivity contribution in [3.05, 3.63) is 93.9 Å². The van der Waals surface area contributed by atoms with Crippen molar-refractivity contribution in [2.45, 2.75) is 33.0 Å². The van der Waals surface area contributed by atoms with E-state index < -0.39 is 0 Å². The number of amides is 2. The van der Waals surface area contributed by atoms with E-state index >= 15 is 0 Å². The monoisotopic (exact) mass is 458 g/mol. The Morgan fingerprint density at radius 1 is 0.935 bits per heavy atom. The average Bonchev–Trinajstić information content (AvgIpc) is 3.24. The Balaban J connectivity index is 1.81. The molecule has 0 bridgehead atoms. The molecule has 0 atom stereocenters. The van der Waals surface area contributed by atoms with Gasteiger partial charge in [0.05, 0.1) is 12.8 Å². The molecule has 0 aliphatic rings. The molecule has 0 N–H and O–H groups in total. The minimum atomic E-state index is -0.301. The Morgan fingerprint density at radius 2 is 1.61 bits per heavy atom. The van der Waals surface area contributed by atoms with Gasteiger partial charge >= 0.3 is 0 Å². The SMILES string of the molecule is CC(C)N(CC(=O)N(Cc1ccccc1)Cc1ccco1)C(=O)c1cc(Cl)cc(Cl)c1. The molecule has 31 heavy (non-hydrogen) atoms. The van der Waals surface area contributed by atoms with Crippen molar-refractivity contribution in [2.75, 3.05) is 6.54 Å². The standard InChI is InChI=1S/C24H24Cl2N2O3/c1-17(2)28(24(30)19-11-20(25)13-21(26)12-19)16-23(29)27(15-22-9-6-10-31-22)14-18-7-4-3-5-8-18/h3-13,17H,14-16H2,1-2H3. The molecule has 0 radical (unpaired) electrons. The molecule has 3 rings (SSSR count).